The summed E-state index contributed by atoms with van der Waals surface area (Å²) in [5.74, 6) is 1.31. The van der Waals surface area contributed by atoms with Crippen LogP contribution in [-0.2, 0) is 19.1 Å². The second-order valence-corrected chi connectivity index (χ2v) is 10.2. The third kappa shape index (κ3) is 3.78. The van der Waals surface area contributed by atoms with E-state index in [1.165, 1.54) is 12.7 Å². The van der Waals surface area contributed by atoms with Gasteiger partial charge in [-0.25, -0.2) is 0 Å². The van der Waals surface area contributed by atoms with Crippen molar-refractivity contribution in [3.05, 3.63) is 35.9 Å². The van der Waals surface area contributed by atoms with Crippen molar-refractivity contribution in [3.8, 4) is 0 Å². The lowest BCUT2D eigenvalue weighted by atomic mass is 9.48. The number of morpholine rings is 1. The van der Waals surface area contributed by atoms with Crippen LogP contribution in [0, 0.1) is 23.2 Å². The van der Waals surface area contributed by atoms with Gasteiger partial charge in [-0.3, -0.25) is 14.5 Å². The molecule has 168 valence electrons. The molecule has 5 fully saturated rings. The van der Waals surface area contributed by atoms with Crippen molar-refractivity contribution in [3.63, 3.8) is 0 Å². The van der Waals surface area contributed by atoms with Gasteiger partial charge in [0.1, 0.15) is 6.10 Å². The maximum Gasteiger partial charge on any atom is 0.311 e. The Morgan fingerprint density at radius 2 is 1.87 bits per heavy atom. The van der Waals surface area contributed by atoms with Gasteiger partial charge in [0.25, 0.3) is 5.91 Å². The zero-order valence-electron chi connectivity index (χ0n) is 18.6. The molecule has 4 atom stereocenters. The first-order valence-corrected chi connectivity index (χ1v) is 11.8. The first-order valence-electron chi connectivity index (χ1n) is 11.8. The number of esters is 1. The van der Waals surface area contributed by atoms with Crippen LogP contribution in [0.5, 0.6) is 0 Å². The largest absolute Gasteiger partial charge is 0.469 e. The molecule has 1 aromatic rings. The number of benzene rings is 1. The molecule has 0 radical (unpaired) electrons. The topological polar surface area (TPSA) is 67.9 Å². The second-order valence-electron chi connectivity index (χ2n) is 10.2. The van der Waals surface area contributed by atoms with Gasteiger partial charge in [-0.2, -0.15) is 0 Å². The van der Waals surface area contributed by atoms with Crippen LogP contribution in [0.2, 0.25) is 0 Å². The number of nitrogens with one attached hydrogen (secondary N) is 1. The molecular formula is C25H34N2O4. The monoisotopic (exact) mass is 426 g/mol. The predicted octanol–water partition coefficient (Wildman–Crippen LogP) is 2.93. The number of methoxy groups -OCH3 is 1. The number of rotatable bonds is 5. The molecule has 4 aliphatic carbocycles. The van der Waals surface area contributed by atoms with Crippen LogP contribution >= 0.6 is 0 Å². The summed E-state index contributed by atoms with van der Waals surface area (Å²) in [5, 5.41) is 3.36. The standard InChI is InChI=1S/C25H34N2O4/c1-16(18-6-4-3-5-7-18)27-8-9-31-21(15-27)23(28)26-22-19-10-17-11-20(22)14-25(12-17,13-19)24(29)30-2/h3-7,16-17,19-22H,8-15H2,1-2H3,(H,26,28)/t16-,17?,19?,20?,21?,22?,25?/m1/s1. The van der Waals surface area contributed by atoms with Crippen molar-refractivity contribution in [1.29, 1.82) is 0 Å². The van der Waals surface area contributed by atoms with Gasteiger partial charge in [-0.15, -0.1) is 0 Å². The summed E-state index contributed by atoms with van der Waals surface area (Å²) in [7, 11) is 1.50. The van der Waals surface area contributed by atoms with Gasteiger partial charge in [0.15, 0.2) is 0 Å². The normalized spacial score (nSPS) is 37.9. The van der Waals surface area contributed by atoms with Crippen LogP contribution in [-0.4, -0.2) is 55.7 Å². The van der Waals surface area contributed by atoms with E-state index in [4.69, 9.17) is 9.47 Å². The third-order valence-corrected chi connectivity index (χ3v) is 8.42. The summed E-state index contributed by atoms with van der Waals surface area (Å²) in [4.78, 5) is 28.1. The van der Waals surface area contributed by atoms with Gasteiger partial charge >= 0.3 is 5.97 Å². The summed E-state index contributed by atoms with van der Waals surface area (Å²) in [6.45, 7) is 4.20. The molecule has 5 aliphatic rings. The van der Waals surface area contributed by atoms with Gasteiger partial charge in [-0.05, 0) is 62.3 Å². The Labute approximate surface area is 184 Å². The van der Waals surface area contributed by atoms with Crippen molar-refractivity contribution >= 4 is 11.9 Å². The third-order valence-electron chi connectivity index (χ3n) is 8.42. The molecule has 1 aliphatic heterocycles. The van der Waals surface area contributed by atoms with Crippen molar-refractivity contribution in [2.45, 2.75) is 57.2 Å². The summed E-state index contributed by atoms with van der Waals surface area (Å²) in [5.41, 5.74) is 0.952. The van der Waals surface area contributed by atoms with Crippen molar-refractivity contribution in [2.75, 3.05) is 26.8 Å². The number of hydrogen-bond acceptors (Lipinski definition) is 5. The van der Waals surface area contributed by atoms with E-state index >= 15 is 0 Å². The number of carbonyl (C=O) groups excluding carboxylic acids is 2. The van der Waals surface area contributed by atoms with E-state index in [1.807, 2.05) is 6.07 Å². The Hall–Kier alpha value is -1.92. The van der Waals surface area contributed by atoms with Gasteiger partial charge in [0.05, 0.1) is 19.1 Å². The quantitative estimate of drug-likeness (QED) is 0.734. The molecule has 1 amide bonds. The minimum Gasteiger partial charge on any atom is -0.469 e. The molecule has 6 heteroatoms. The van der Waals surface area contributed by atoms with Crippen LogP contribution in [0.15, 0.2) is 30.3 Å². The summed E-state index contributed by atoms with van der Waals surface area (Å²) in [6, 6.07) is 10.8. The Morgan fingerprint density at radius 1 is 1.16 bits per heavy atom. The maximum atomic E-state index is 13.2. The van der Waals surface area contributed by atoms with Crippen molar-refractivity contribution in [1.82, 2.24) is 10.2 Å². The van der Waals surface area contributed by atoms with E-state index in [1.54, 1.807) is 0 Å². The number of nitrogens with zero attached hydrogens (tertiary/aromatic N) is 1. The average molecular weight is 427 g/mol. The van der Waals surface area contributed by atoms with Crippen LogP contribution in [0.1, 0.15) is 50.6 Å². The zero-order chi connectivity index (χ0) is 21.6. The molecule has 1 saturated heterocycles. The van der Waals surface area contributed by atoms with Crippen molar-refractivity contribution in [2.24, 2.45) is 23.2 Å². The molecule has 0 spiro atoms. The number of amides is 1. The van der Waals surface area contributed by atoms with Crippen LogP contribution < -0.4 is 5.32 Å². The van der Waals surface area contributed by atoms with E-state index < -0.39 is 6.10 Å². The molecule has 1 heterocycles. The average Bonchev–Trinajstić information content (AvgIpc) is 2.80. The van der Waals surface area contributed by atoms with Crippen LogP contribution in [0.3, 0.4) is 0 Å². The highest BCUT2D eigenvalue weighted by molar-refractivity contribution is 5.82. The van der Waals surface area contributed by atoms with Crippen molar-refractivity contribution < 1.29 is 19.1 Å². The molecule has 4 bridgehead atoms. The zero-order valence-corrected chi connectivity index (χ0v) is 18.6. The molecule has 1 aromatic carbocycles. The van der Waals surface area contributed by atoms with Crippen LogP contribution in [0.4, 0.5) is 0 Å². The highest BCUT2D eigenvalue weighted by Gasteiger charge is 2.59. The minimum absolute atomic E-state index is 0.00885. The first-order chi connectivity index (χ1) is 15.0. The summed E-state index contributed by atoms with van der Waals surface area (Å²) >= 11 is 0. The molecule has 31 heavy (non-hydrogen) atoms. The summed E-state index contributed by atoms with van der Waals surface area (Å²) < 4.78 is 11.1. The fourth-order valence-electron chi connectivity index (χ4n) is 7.11. The lowest BCUT2D eigenvalue weighted by Gasteiger charge is -2.58. The highest BCUT2D eigenvalue weighted by Crippen LogP contribution is 2.60. The highest BCUT2D eigenvalue weighted by atomic mass is 16.5. The summed E-state index contributed by atoms with van der Waals surface area (Å²) in [6.07, 6.45) is 4.45. The smallest absolute Gasteiger partial charge is 0.311 e. The van der Waals surface area contributed by atoms with Gasteiger partial charge in [0.2, 0.25) is 0 Å². The van der Waals surface area contributed by atoms with E-state index in [0.29, 0.717) is 30.9 Å². The van der Waals surface area contributed by atoms with E-state index in [9.17, 15) is 9.59 Å². The Morgan fingerprint density at radius 3 is 2.55 bits per heavy atom. The first kappa shape index (κ1) is 21.0. The Kier molecular flexibility index (Phi) is 5.55. The number of hydrogen-bond donors (Lipinski definition) is 1. The maximum absolute atomic E-state index is 13.2. The molecular weight excluding hydrogens is 392 g/mol. The molecule has 6 rings (SSSR count). The number of ether oxygens (including phenoxy) is 2. The fourth-order valence-corrected chi connectivity index (χ4v) is 7.11. The number of carbonyl (C=O) groups is 2. The van der Waals surface area contributed by atoms with E-state index in [-0.39, 0.29) is 29.4 Å². The molecule has 6 nitrogen and oxygen atoms in total. The lowest BCUT2D eigenvalue weighted by molar-refractivity contribution is -0.172. The fraction of sp³-hybridized carbons (Fsp3) is 0.680. The van der Waals surface area contributed by atoms with Gasteiger partial charge in [0, 0.05) is 25.2 Å². The minimum atomic E-state index is -0.438. The predicted molar refractivity (Wildman–Crippen MR) is 116 cm³/mol. The Balaban J connectivity index is 1.23. The van der Waals surface area contributed by atoms with E-state index in [0.717, 1.165) is 38.6 Å². The van der Waals surface area contributed by atoms with Crippen LogP contribution in [0.25, 0.3) is 0 Å². The second kappa shape index (κ2) is 8.21. The van der Waals surface area contributed by atoms with Gasteiger partial charge in [-0.1, -0.05) is 30.3 Å². The molecule has 4 saturated carbocycles. The Bertz CT molecular complexity index is 812. The lowest BCUT2D eigenvalue weighted by Crippen LogP contribution is -2.63. The van der Waals surface area contributed by atoms with Gasteiger partial charge < -0.3 is 14.8 Å². The molecule has 0 aromatic heterocycles. The van der Waals surface area contributed by atoms with E-state index in [2.05, 4.69) is 41.4 Å². The molecule has 1 N–H and O–H groups in total. The molecule has 3 unspecified atom stereocenters. The SMILES string of the molecule is COC(=O)C12CC3CC(C1)C(NC(=O)C1CN([C@H](C)c4ccccc4)CCO1)C(C3)C2.